The maximum Gasteiger partial charge on any atom is 0.340 e. The van der Waals surface area contributed by atoms with Gasteiger partial charge in [0.05, 0.1) is 97.6 Å². The van der Waals surface area contributed by atoms with E-state index in [4.69, 9.17) is 14.2 Å². The van der Waals surface area contributed by atoms with Crippen molar-refractivity contribution < 1.29 is 56.6 Å². The van der Waals surface area contributed by atoms with Crippen LogP contribution in [-0.2, 0) is 54.6 Å². The summed E-state index contributed by atoms with van der Waals surface area (Å²) in [5.41, 5.74) is 6.90. The Labute approximate surface area is 501 Å². The van der Waals surface area contributed by atoms with Crippen molar-refractivity contribution in [3.05, 3.63) is 178 Å². The quantitative estimate of drug-likeness (QED) is 0.0270. The van der Waals surface area contributed by atoms with E-state index in [1.807, 2.05) is 97.7 Å². The van der Waals surface area contributed by atoms with Gasteiger partial charge in [-0.3, -0.25) is 14.4 Å². The van der Waals surface area contributed by atoms with Gasteiger partial charge in [0.2, 0.25) is 6.54 Å². The van der Waals surface area contributed by atoms with Crippen LogP contribution in [0.3, 0.4) is 0 Å². The highest BCUT2D eigenvalue weighted by Crippen LogP contribution is 2.30. The Morgan fingerprint density at radius 1 is 0.541 bits per heavy atom. The number of hydrogen-bond acceptors (Lipinski definition) is 10. The minimum Gasteiger partial charge on any atom is -0.462 e. The monoisotopic (exact) mass is 1160 g/mol. The Kier molecular flexibility index (Phi) is 24.1. The number of nitrogens with one attached hydrogen (secondary N) is 3. The largest absolute Gasteiger partial charge is 0.462 e. The zero-order valence-corrected chi connectivity index (χ0v) is 50.2. The maximum absolute atomic E-state index is 13.1. The standard InChI is InChI=1S/C24H30N2O3.C23H28N2O3.C21H24N4O3/c1-3-20-13-10-14-21(24(28)29-4-2)23(20)25-22(27)18-26(15-8-9-16-26)17-19-11-6-5-7-12-19;1-3-28-23(27)20-13-9-10-18(2)22(20)24-21(26)17-25(14-7-8-15-25)16-19-11-5-4-6-12-19;1-2-28-21(27)18-11-6-8-16(14-22)20(18)23-19(26)15-24-12-7-13-25(24)17-9-4-3-5-10-17/h5-7,10-14H,3-4,8-9,15-18H2,1-2H3;4-6,9-13H,3,7-8,14-17H2,1-2H3;6-8,11-13,17H,2-5,9-10,15H2,1H3/p+3. The van der Waals surface area contributed by atoms with Crippen LogP contribution < -0.4 is 20.6 Å². The molecule has 1 aliphatic carbocycles. The smallest absolute Gasteiger partial charge is 0.340 e. The van der Waals surface area contributed by atoms with Gasteiger partial charge in [-0.25, -0.2) is 14.4 Å². The fourth-order valence-corrected chi connectivity index (χ4v) is 12.0. The summed E-state index contributed by atoms with van der Waals surface area (Å²) in [6.07, 6.45) is 15.0. The third kappa shape index (κ3) is 18.0. The minimum atomic E-state index is -0.562. The van der Waals surface area contributed by atoms with E-state index in [1.165, 1.54) is 30.4 Å². The fraction of sp³-hybridized carbons (Fsp3) is 0.412. The van der Waals surface area contributed by atoms with Crippen molar-refractivity contribution >= 4 is 52.7 Å². The Morgan fingerprint density at radius 3 is 1.49 bits per heavy atom. The predicted octanol–water partition coefficient (Wildman–Crippen LogP) is 11.1. The highest BCUT2D eigenvalue weighted by atomic mass is 16.5. The van der Waals surface area contributed by atoms with Crippen molar-refractivity contribution in [2.45, 2.75) is 125 Å². The number of nitrogens with zero attached hydrogens (tertiary/aromatic N) is 5. The highest BCUT2D eigenvalue weighted by molar-refractivity contribution is 6.04. The van der Waals surface area contributed by atoms with Crippen LogP contribution in [0.25, 0.3) is 0 Å². The molecule has 6 aromatic rings. The van der Waals surface area contributed by atoms with Crippen LogP contribution in [0.1, 0.15) is 150 Å². The molecule has 3 N–H and O–H groups in total. The lowest BCUT2D eigenvalue weighted by Crippen LogP contribution is -2.49. The van der Waals surface area contributed by atoms with E-state index in [0.717, 1.165) is 104 Å². The summed E-state index contributed by atoms with van der Waals surface area (Å²) in [4.78, 5) is 75.6. The number of anilines is 3. The Balaban J connectivity index is 0.000000183. The summed E-state index contributed by atoms with van der Waals surface area (Å²) in [5, 5.41) is 18.2. The number of esters is 3. The number of hydrogen-bond donors (Lipinski definition) is 3. The molecule has 9 rings (SSSR count). The number of ether oxygens (including phenoxy) is 3. The molecule has 3 fully saturated rings. The topological polar surface area (TPSA) is 199 Å². The van der Waals surface area contributed by atoms with Crippen LogP contribution in [0.5, 0.6) is 0 Å². The number of carbonyl (C=O) groups excluding carboxylic acids is 6. The molecular weight excluding hydrogens is 1070 g/mol. The van der Waals surface area contributed by atoms with Crippen molar-refractivity contribution in [1.82, 2.24) is 4.68 Å². The minimum absolute atomic E-state index is 0.0470. The molecule has 17 heteroatoms. The molecule has 0 spiro atoms. The van der Waals surface area contributed by atoms with Crippen LogP contribution >= 0.6 is 0 Å². The van der Waals surface area contributed by atoms with E-state index in [1.54, 1.807) is 57.2 Å². The number of nitriles is 1. The molecular formula is C68H85N8O9+3. The molecule has 2 saturated heterocycles. The van der Waals surface area contributed by atoms with Crippen molar-refractivity contribution in [2.24, 2.45) is 0 Å². The van der Waals surface area contributed by atoms with Gasteiger partial charge in [-0.2, -0.15) is 9.94 Å². The van der Waals surface area contributed by atoms with Gasteiger partial charge in [0.25, 0.3) is 17.7 Å². The molecule has 5 aromatic carbocycles. The maximum atomic E-state index is 13.1. The average Bonchev–Trinajstić information content (AvgIpc) is 4.19. The Bertz CT molecular complexity index is 3250. The molecule has 17 nitrogen and oxygen atoms in total. The molecule has 3 heterocycles. The van der Waals surface area contributed by atoms with Crippen molar-refractivity contribution in [2.75, 3.05) is 75.0 Å². The summed E-state index contributed by atoms with van der Waals surface area (Å²) < 4.78 is 20.9. The molecule has 0 atom stereocenters. The summed E-state index contributed by atoms with van der Waals surface area (Å²) >= 11 is 0. The lowest BCUT2D eigenvalue weighted by atomic mass is 9.96. The van der Waals surface area contributed by atoms with Crippen LogP contribution in [0.15, 0.2) is 134 Å². The lowest BCUT2D eigenvalue weighted by molar-refractivity contribution is -0.922. The number of aryl methyl sites for hydroxylation is 2. The van der Waals surface area contributed by atoms with E-state index in [2.05, 4.69) is 44.9 Å². The van der Waals surface area contributed by atoms with E-state index < -0.39 is 17.9 Å². The second-order valence-electron chi connectivity index (χ2n) is 22.2. The number of carbonyl (C=O) groups is 6. The van der Waals surface area contributed by atoms with Crippen molar-refractivity contribution in [3.63, 3.8) is 0 Å². The van der Waals surface area contributed by atoms with E-state index >= 15 is 0 Å². The first kappa shape index (κ1) is 64.1. The first-order valence-corrected chi connectivity index (χ1v) is 30.2. The molecule has 2 aliphatic heterocycles. The summed E-state index contributed by atoms with van der Waals surface area (Å²) in [6, 6.07) is 40.7. The SMILES string of the molecule is CCOC(=O)c1cccc(C#N)c1NC(=O)C[n+]1cccn1C1CCCCC1.CCOC(=O)c1cccc(C)c1NC(=O)C[N+]1(Cc2ccccc2)CCCC1.CCOC(=O)c1cccc(CC)c1NC(=O)C[N+]1(Cc2ccccc2)CCCC1. The predicted molar refractivity (Wildman–Crippen MR) is 327 cm³/mol. The van der Waals surface area contributed by atoms with E-state index in [-0.39, 0.29) is 47.7 Å². The molecule has 3 amide bonds. The van der Waals surface area contributed by atoms with Crippen molar-refractivity contribution in [1.29, 1.82) is 5.26 Å². The molecule has 1 aromatic heterocycles. The molecule has 3 aliphatic rings. The summed E-state index contributed by atoms with van der Waals surface area (Å²) in [5.74, 6) is -1.77. The lowest BCUT2D eigenvalue weighted by Gasteiger charge is -2.33. The van der Waals surface area contributed by atoms with Gasteiger partial charge in [0.15, 0.2) is 19.3 Å². The zero-order valence-electron chi connectivity index (χ0n) is 50.2. The highest BCUT2D eigenvalue weighted by Gasteiger charge is 2.37. The number of likely N-dealkylation sites (tertiary alicyclic amines) is 2. The van der Waals surface area contributed by atoms with Crippen LogP contribution in [0.2, 0.25) is 0 Å². The van der Waals surface area contributed by atoms with Gasteiger partial charge >= 0.3 is 17.9 Å². The molecule has 1 saturated carbocycles. The molecule has 0 bridgehead atoms. The van der Waals surface area contributed by atoms with Gasteiger partial charge in [-0.1, -0.05) is 117 Å². The Hall–Kier alpha value is -8.46. The molecule has 0 radical (unpaired) electrons. The van der Waals surface area contributed by atoms with Crippen molar-refractivity contribution in [3.8, 4) is 6.07 Å². The fourth-order valence-electron chi connectivity index (χ4n) is 12.0. The van der Waals surface area contributed by atoms with Gasteiger partial charge in [0.1, 0.15) is 19.2 Å². The second-order valence-corrected chi connectivity index (χ2v) is 22.2. The molecule has 85 heavy (non-hydrogen) atoms. The van der Waals surface area contributed by atoms with Gasteiger partial charge in [-0.05, 0) is 82.3 Å². The van der Waals surface area contributed by atoms with Gasteiger partial charge < -0.3 is 39.1 Å². The zero-order chi connectivity index (χ0) is 60.6. The normalized spacial score (nSPS) is 14.9. The second kappa shape index (κ2) is 32.0. The summed E-state index contributed by atoms with van der Waals surface area (Å²) in [7, 11) is 0. The third-order valence-electron chi connectivity index (χ3n) is 16.0. The number of rotatable bonds is 21. The number of quaternary nitrogens is 2. The number of amides is 3. The van der Waals surface area contributed by atoms with Gasteiger partial charge in [-0.15, -0.1) is 4.68 Å². The molecule has 0 unspecified atom stereocenters. The number of benzene rings is 5. The average molecular weight is 1160 g/mol. The number of aromatic nitrogens is 2. The van der Waals surface area contributed by atoms with Gasteiger partial charge in [0, 0.05) is 42.9 Å². The summed E-state index contributed by atoms with van der Waals surface area (Å²) in [6.45, 7) is 16.6. The molecule has 448 valence electrons. The first-order chi connectivity index (χ1) is 41.2. The van der Waals surface area contributed by atoms with Crippen LogP contribution in [0, 0.1) is 18.3 Å². The van der Waals surface area contributed by atoms with Crippen LogP contribution in [-0.4, -0.2) is 108 Å². The third-order valence-corrected chi connectivity index (χ3v) is 16.0. The van der Waals surface area contributed by atoms with Crippen LogP contribution in [0.4, 0.5) is 17.1 Å². The Morgan fingerprint density at radius 2 is 1.00 bits per heavy atom. The van der Waals surface area contributed by atoms with E-state index in [0.29, 0.717) is 54.8 Å². The van der Waals surface area contributed by atoms with E-state index in [9.17, 15) is 34.0 Å². The number of para-hydroxylation sites is 3. The first-order valence-electron chi connectivity index (χ1n) is 30.2.